The highest BCUT2D eigenvalue weighted by atomic mass is 32.2. The average molecular weight is 360 g/mol. The fourth-order valence-corrected chi connectivity index (χ4v) is 3.39. The van der Waals surface area contributed by atoms with Crippen LogP contribution in [-0.2, 0) is 14.8 Å². The minimum atomic E-state index is -3.76. The largest absolute Gasteiger partial charge is 0.324 e. The lowest BCUT2D eigenvalue weighted by Gasteiger charge is -2.17. The molecule has 1 N–H and O–H groups in total. The normalized spacial score (nSPS) is 11.4. The molecule has 132 valence electrons. The number of nitrogens with one attached hydrogen (secondary N) is 1. The van der Waals surface area contributed by atoms with Crippen molar-refractivity contribution >= 4 is 27.4 Å². The molecule has 25 heavy (non-hydrogen) atoms. The molecule has 0 spiro atoms. The van der Waals surface area contributed by atoms with Gasteiger partial charge >= 0.3 is 0 Å². The SMILES string of the molecule is CC(=O)c1ccccc1NC(=O)CN(C)S(=O)(=O)c1ccc(C)cc1. The summed E-state index contributed by atoms with van der Waals surface area (Å²) in [4.78, 5) is 23.9. The number of rotatable bonds is 6. The van der Waals surface area contributed by atoms with Gasteiger partial charge in [-0.25, -0.2) is 8.42 Å². The van der Waals surface area contributed by atoms with Gasteiger partial charge in [-0.1, -0.05) is 29.8 Å². The number of amides is 1. The molecule has 1 amide bonds. The molecule has 2 aromatic carbocycles. The molecule has 0 radical (unpaired) electrons. The van der Waals surface area contributed by atoms with Gasteiger partial charge in [-0.3, -0.25) is 9.59 Å². The maximum Gasteiger partial charge on any atom is 0.243 e. The molecule has 2 rings (SSSR count). The Labute approximate surface area is 147 Å². The number of anilines is 1. The van der Waals surface area contributed by atoms with Crippen LogP contribution in [0.4, 0.5) is 5.69 Å². The molecule has 0 heterocycles. The van der Waals surface area contributed by atoms with Crippen molar-refractivity contribution in [3.63, 3.8) is 0 Å². The van der Waals surface area contributed by atoms with Crippen LogP contribution in [0.2, 0.25) is 0 Å². The molecule has 0 unspecified atom stereocenters. The fourth-order valence-electron chi connectivity index (χ4n) is 2.27. The van der Waals surface area contributed by atoms with Gasteiger partial charge in [0.25, 0.3) is 0 Å². The number of nitrogens with zero attached hydrogens (tertiary/aromatic N) is 1. The number of sulfonamides is 1. The number of ketones is 1. The molecular weight excluding hydrogens is 340 g/mol. The predicted molar refractivity (Wildman–Crippen MR) is 96.1 cm³/mol. The molecule has 0 aliphatic rings. The third kappa shape index (κ3) is 4.52. The summed E-state index contributed by atoms with van der Waals surface area (Å²) in [6.45, 7) is 2.90. The number of carbonyl (C=O) groups is 2. The van der Waals surface area contributed by atoms with E-state index in [0.717, 1.165) is 9.87 Å². The number of likely N-dealkylation sites (N-methyl/N-ethyl adjacent to an activating group) is 1. The van der Waals surface area contributed by atoms with Gasteiger partial charge in [0.15, 0.2) is 5.78 Å². The first-order valence-corrected chi connectivity index (χ1v) is 9.08. The van der Waals surface area contributed by atoms with Crippen LogP contribution in [0.3, 0.4) is 0 Å². The van der Waals surface area contributed by atoms with Gasteiger partial charge in [-0.15, -0.1) is 0 Å². The molecule has 0 aliphatic carbocycles. The van der Waals surface area contributed by atoms with Crippen LogP contribution in [0, 0.1) is 6.92 Å². The van der Waals surface area contributed by atoms with E-state index in [1.54, 1.807) is 36.4 Å². The molecule has 0 aliphatic heterocycles. The Morgan fingerprint density at radius 1 is 1.04 bits per heavy atom. The van der Waals surface area contributed by atoms with Crippen LogP contribution in [0.15, 0.2) is 53.4 Å². The smallest absolute Gasteiger partial charge is 0.243 e. The van der Waals surface area contributed by atoms with E-state index < -0.39 is 15.9 Å². The predicted octanol–water partition coefficient (Wildman–Crippen LogP) is 2.46. The molecule has 0 atom stereocenters. The summed E-state index contributed by atoms with van der Waals surface area (Å²) in [6.07, 6.45) is 0. The molecule has 0 bridgehead atoms. The number of hydrogen-bond donors (Lipinski definition) is 1. The van der Waals surface area contributed by atoms with Crippen molar-refractivity contribution in [2.45, 2.75) is 18.7 Å². The third-order valence-corrected chi connectivity index (χ3v) is 5.49. The highest BCUT2D eigenvalue weighted by Gasteiger charge is 2.23. The Kier molecular flexibility index (Phi) is 5.71. The van der Waals surface area contributed by atoms with E-state index in [0.29, 0.717) is 11.3 Å². The maximum atomic E-state index is 12.5. The maximum absolute atomic E-state index is 12.5. The van der Waals surface area contributed by atoms with Gasteiger partial charge in [0.2, 0.25) is 15.9 Å². The number of para-hydroxylation sites is 1. The van der Waals surface area contributed by atoms with Crippen molar-refractivity contribution in [2.24, 2.45) is 0 Å². The zero-order valence-electron chi connectivity index (χ0n) is 14.3. The second-order valence-corrected chi connectivity index (χ2v) is 7.77. The van der Waals surface area contributed by atoms with Gasteiger partial charge < -0.3 is 5.32 Å². The van der Waals surface area contributed by atoms with E-state index in [2.05, 4.69) is 5.32 Å². The van der Waals surface area contributed by atoms with Crippen molar-refractivity contribution in [2.75, 3.05) is 18.9 Å². The molecule has 0 saturated heterocycles. The van der Waals surface area contributed by atoms with Crippen LogP contribution in [0.5, 0.6) is 0 Å². The first-order chi connectivity index (χ1) is 11.7. The lowest BCUT2D eigenvalue weighted by molar-refractivity contribution is -0.116. The Bertz CT molecular complexity index is 890. The standard InChI is InChI=1S/C18H20N2O4S/c1-13-8-10-15(11-9-13)25(23,24)20(3)12-18(22)19-17-7-5-4-6-16(17)14(2)21/h4-11H,12H2,1-3H3,(H,19,22). The van der Waals surface area contributed by atoms with Crippen molar-refractivity contribution in [1.82, 2.24) is 4.31 Å². The second kappa shape index (κ2) is 7.58. The minimum absolute atomic E-state index is 0.123. The molecule has 7 heteroatoms. The minimum Gasteiger partial charge on any atom is -0.324 e. The van der Waals surface area contributed by atoms with E-state index >= 15 is 0 Å². The number of benzene rings is 2. The van der Waals surface area contributed by atoms with Gasteiger partial charge in [0.1, 0.15) is 0 Å². The van der Waals surface area contributed by atoms with E-state index in [-0.39, 0.29) is 17.2 Å². The van der Waals surface area contributed by atoms with Crippen molar-refractivity contribution in [3.8, 4) is 0 Å². The van der Waals surface area contributed by atoms with Crippen LogP contribution in [0.25, 0.3) is 0 Å². The molecule has 0 saturated carbocycles. The molecule has 0 aromatic heterocycles. The summed E-state index contributed by atoms with van der Waals surface area (Å²) in [6, 6.07) is 13.0. The topological polar surface area (TPSA) is 83.6 Å². The van der Waals surface area contributed by atoms with Gasteiger partial charge in [0.05, 0.1) is 17.1 Å². The lowest BCUT2D eigenvalue weighted by atomic mass is 10.1. The third-order valence-electron chi connectivity index (χ3n) is 3.68. The number of hydrogen-bond acceptors (Lipinski definition) is 4. The van der Waals surface area contributed by atoms with E-state index in [1.807, 2.05) is 6.92 Å². The van der Waals surface area contributed by atoms with Gasteiger partial charge in [-0.2, -0.15) is 4.31 Å². The van der Waals surface area contributed by atoms with Crippen LogP contribution in [0.1, 0.15) is 22.8 Å². The first-order valence-electron chi connectivity index (χ1n) is 7.64. The first kappa shape index (κ1) is 18.8. The lowest BCUT2D eigenvalue weighted by Crippen LogP contribution is -2.35. The van der Waals surface area contributed by atoms with E-state index in [1.165, 1.54) is 26.1 Å². The summed E-state index contributed by atoms with van der Waals surface area (Å²) in [5.74, 6) is -0.705. The van der Waals surface area contributed by atoms with Crippen LogP contribution >= 0.6 is 0 Å². The monoisotopic (exact) mass is 360 g/mol. The summed E-state index contributed by atoms with van der Waals surface area (Å²) < 4.78 is 26.0. The Morgan fingerprint density at radius 3 is 2.24 bits per heavy atom. The quantitative estimate of drug-likeness (QED) is 0.802. The highest BCUT2D eigenvalue weighted by Crippen LogP contribution is 2.17. The van der Waals surface area contributed by atoms with E-state index in [9.17, 15) is 18.0 Å². The summed E-state index contributed by atoms with van der Waals surface area (Å²) >= 11 is 0. The Balaban J connectivity index is 2.12. The highest BCUT2D eigenvalue weighted by molar-refractivity contribution is 7.89. The summed E-state index contributed by atoms with van der Waals surface area (Å²) in [5, 5.41) is 2.59. The van der Waals surface area contributed by atoms with Gasteiger partial charge in [-0.05, 0) is 38.1 Å². The van der Waals surface area contributed by atoms with Crippen LogP contribution in [-0.4, -0.2) is 38.0 Å². The molecular formula is C18H20N2O4S. The number of carbonyl (C=O) groups excluding carboxylic acids is 2. The van der Waals surface area contributed by atoms with Crippen molar-refractivity contribution < 1.29 is 18.0 Å². The molecule has 6 nitrogen and oxygen atoms in total. The van der Waals surface area contributed by atoms with E-state index in [4.69, 9.17) is 0 Å². The second-order valence-electron chi connectivity index (χ2n) is 5.72. The van der Waals surface area contributed by atoms with Crippen molar-refractivity contribution in [3.05, 3.63) is 59.7 Å². The Morgan fingerprint density at radius 2 is 1.64 bits per heavy atom. The summed E-state index contributed by atoms with van der Waals surface area (Å²) in [5.41, 5.74) is 1.68. The fraction of sp³-hybridized carbons (Fsp3) is 0.222. The zero-order chi connectivity index (χ0) is 18.6. The summed E-state index contributed by atoms with van der Waals surface area (Å²) in [7, 11) is -2.43. The average Bonchev–Trinajstić information content (AvgIpc) is 2.55. The molecule has 2 aromatic rings. The molecule has 0 fully saturated rings. The number of aryl methyl sites for hydroxylation is 1. The van der Waals surface area contributed by atoms with Crippen molar-refractivity contribution in [1.29, 1.82) is 0 Å². The zero-order valence-corrected chi connectivity index (χ0v) is 15.1. The van der Waals surface area contributed by atoms with Gasteiger partial charge in [0, 0.05) is 12.6 Å². The Hall–Kier alpha value is -2.51. The van der Waals surface area contributed by atoms with Crippen LogP contribution < -0.4 is 5.32 Å². The number of Topliss-reactive ketones (excluding diaryl/α,β-unsaturated/α-hetero) is 1.